The van der Waals surface area contributed by atoms with E-state index in [1.54, 1.807) is 0 Å². The Labute approximate surface area is 104 Å². The highest BCUT2D eigenvalue weighted by atomic mass is 16.5. The third-order valence-electron chi connectivity index (χ3n) is 3.29. The lowest BCUT2D eigenvalue weighted by Gasteiger charge is -2.20. The first-order valence-corrected chi connectivity index (χ1v) is 6.35. The average Bonchev–Trinajstić information content (AvgIpc) is 2.83. The molecule has 1 N–H and O–H groups in total. The number of hydrogen-bond donors (Lipinski definition) is 1. The standard InChI is InChI=1S/C15H21NO/c1-4-16-15(14-6-5-9-17-14)13-8-7-11(2)12(3)10-13/h6-8,10,15-16H,4-5,9H2,1-3H3. The maximum absolute atomic E-state index is 5.69. The van der Waals surface area contributed by atoms with E-state index in [2.05, 4.69) is 50.4 Å². The number of rotatable bonds is 4. The lowest BCUT2D eigenvalue weighted by molar-refractivity contribution is 0.216. The summed E-state index contributed by atoms with van der Waals surface area (Å²) in [5.74, 6) is 1.08. The van der Waals surface area contributed by atoms with Gasteiger partial charge in [-0.1, -0.05) is 25.1 Å². The van der Waals surface area contributed by atoms with Gasteiger partial charge in [-0.3, -0.25) is 0 Å². The molecule has 0 saturated heterocycles. The van der Waals surface area contributed by atoms with Gasteiger partial charge in [-0.15, -0.1) is 0 Å². The summed E-state index contributed by atoms with van der Waals surface area (Å²) in [4.78, 5) is 0. The Morgan fingerprint density at radius 1 is 1.29 bits per heavy atom. The molecule has 1 aromatic carbocycles. The maximum atomic E-state index is 5.69. The number of aryl methyl sites for hydroxylation is 2. The molecule has 92 valence electrons. The minimum absolute atomic E-state index is 0.210. The van der Waals surface area contributed by atoms with Crippen molar-refractivity contribution in [2.75, 3.05) is 13.2 Å². The molecule has 1 aromatic rings. The van der Waals surface area contributed by atoms with Crippen molar-refractivity contribution in [1.82, 2.24) is 5.32 Å². The van der Waals surface area contributed by atoms with E-state index in [1.165, 1.54) is 16.7 Å². The van der Waals surface area contributed by atoms with E-state index in [-0.39, 0.29) is 6.04 Å². The van der Waals surface area contributed by atoms with Crippen LogP contribution < -0.4 is 5.32 Å². The summed E-state index contributed by atoms with van der Waals surface area (Å²) >= 11 is 0. The van der Waals surface area contributed by atoms with Gasteiger partial charge in [0.15, 0.2) is 0 Å². The van der Waals surface area contributed by atoms with Crippen LogP contribution in [0, 0.1) is 13.8 Å². The van der Waals surface area contributed by atoms with Crippen molar-refractivity contribution < 1.29 is 4.74 Å². The maximum Gasteiger partial charge on any atom is 0.114 e. The van der Waals surface area contributed by atoms with Crippen molar-refractivity contribution in [3.63, 3.8) is 0 Å². The zero-order chi connectivity index (χ0) is 12.3. The molecule has 1 atom stereocenters. The Bertz CT molecular complexity index is 423. The van der Waals surface area contributed by atoms with Crippen LogP contribution in [-0.4, -0.2) is 13.2 Å². The van der Waals surface area contributed by atoms with Crippen molar-refractivity contribution in [1.29, 1.82) is 0 Å². The SMILES string of the molecule is CCNC(C1=CCCO1)c1ccc(C)c(C)c1. The van der Waals surface area contributed by atoms with E-state index >= 15 is 0 Å². The molecule has 0 saturated carbocycles. The zero-order valence-electron chi connectivity index (χ0n) is 10.9. The number of likely N-dealkylation sites (N-methyl/N-ethyl adjacent to an activating group) is 1. The predicted molar refractivity (Wildman–Crippen MR) is 71.0 cm³/mol. The third-order valence-corrected chi connectivity index (χ3v) is 3.29. The van der Waals surface area contributed by atoms with Crippen LogP contribution in [-0.2, 0) is 4.74 Å². The predicted octanol–water partition coefficient (Wildman–Crippen LogP) is 3.26. The highest BCUT2D eigenvalue weighted by Crippen LogP contribution is 2.27. The third kappa shape index (κ3) is 2.70. The van der Waals surface area contributed by atoms with Crippen LogP contribution in [0.15, 0.2) is 30.0 Å². The fourth-order valence-electron chi connectivity index (χ4n) is 2.17. The largest absolute Gasteiger partial charge is 0.496 e. The Kier molecular flexibility index (Phi) is 3.85. The number of benzene rings is 1. The molecule has 17 heavy (non-hydrogen) atoms. The highest BCUT2D eigenvalue weighted by molar-refractivity contribution is 5.34. The molecular weight excluding hydrogens is 210 g/mol. The molecule has 2 nitrogen and oxygen atoms in total. The molecule has 0 aliphatic carbocycles. The molecule has 0 fully saturated rings. The first-order valence-electron chi connectivity index (χ1n) is 6.35. The average molecular weight is 231 g/mol. The van der Waals surface area contributed by atoms with Crippen LogP contribution in [0.4, 0.5) is 0 Å². The van der Waals surface area contributed by atoms with Gasteiger partial charge in [-0.2, -0.15) is 0 Å². The summed E-state index contributed by atoms with van der Waals surface area (Å²) in [6, 6.07) is 6.84. The Morgan fingerprint density at radius 2 is 2.12 bits per heavy atom. The summed E-state index contributed by atoms with van der Waals surface area (Å²) in [6.07, 6.45) is 3.23. The van der Waals surface area contributed by atoms with E-state index in [9.17, 15) is 0 Å². The smallest absolute Gasteiger partial charge is 0.114 e. The fraction of sp³-hybridized carbons (Fsp3) is 0.467. The lowest BCUT2D eigenvalue weighted by Crippen LogP contribution is -2.23. The van der Waals surface area contributed by atoms with Crippen LogP contribution in [0.5, 0.6) is 0 Å². The van der Waals surface area contributed by atoms with E-state index in [1.807, 2.05) is 0 Å². The summed E-state index contributed by atoms with van der Waals surface area (Å²) in [7, 11) is 0. The Morgan fingerprint density at radius 3 is 2.71 bits per heavy atom. The molecule has 0 aromatic heterocycles. The van der Waals surface area contributed by atoms with Gasteiger partial charge in [0.25, 0.3) is 0 Å². The van der Waals surface area contributed by atoms with E-state index in [0.717, 1.165) is 25.3 Å². The molecule has 2 heteroatoms. The molecule has 1 heterocycles. The minimum atomic E-state index is 0.210. The minimum Gasteiger partial charge on any atom is -0.496 e. The second-order valence-corrected chi connectivity index (χ2v) is 4.58. The van der Waals surface area contributed by atoms with Gasteiger partial charge in [0.2, 0.25) is 0 Å². The molecule has 0 amide bonds. The summed E-state index contributed by atoms with van der Waals surface area (Å²) in [5, 5.41) is 3.49. The second kappa shape index (κ2) is 5.37. The van der Waals surface area contributed by atoms with Crippen molar-refractivity contribution >= 4 is 0 Å². The fourth-order valence-corrected chi connectivity index (χ4v) is 2.17. The number of hydrogen-bond acceptors (Lipinski definition) is 2. The first-order chi connectivity index (χ1) is 8.22. The lowest BCUT2D eigenvalue weighted by atomic mass is 9.99. The van der Waals surface area contributed by atoms with Gasteiger partial charge in [0.05, 0.1) is 12.6 Å². The molecule has 1 aliphatic rings. The van der Waals surface area contributed by atoms with Gasteiger partial charge in [-0.25, -0.2) is 0 Å². The highest BCUT2D eigenvalue weighted by Gasteiger charge is 2.19. The molecule has 1 unspecified atom stereocenters. The summed E-state index contributed by atoms with van der Waals surface area (Å²) in [5.41, 5.74) is 3.97. The quantitative estimate of drug-likeness (QED) is 0.858. The van der Waals surface area contributed by atoms with Crippen molar-refractivity contribution in [2.24, 2.45) is 0 Å². The Balaban J connectivity index is 2.28. The van der Waals surface area contributed by atoms with E-state index < -0.39 is 0 Å². The first kappa shape index (κ1) is 12.2. The van der Waals surface area contributed by atoms with E-state index in [0.29, 0.717) is 0 Å². The van der Waals surface area contributed by atoms with Gasteiger partial charge in [0, 0.05) is 6.42 Å². The molecular formula is C15H21NO. The monoisotopic (exact) mass is 231 g/mol. The van der Waals surface area contributed by atoms with Crippen molar-refractivity contribution in [2.45, 2.75) is 33.2 Å². The van der Waals surface area contributed by atoms with Crippen LogP contribution in [0.1, 0.15) is 36.1 Å². The molecule has 0 radical (unpaired) electrons. The van der Waals surface area contributed by atoms with Gasteiger partial charge in [-0.05, 0) is 43.2 Å². The van der Waals surface area contributed by atoms with Crippen LogP contribution in [0.3, 0.4) is 0 Å². The topological polar surface area (TPSA) is 21.3 Å². The molecule has 0 spiro atoms. The molecule has 1 aliphatic heterocycles. The normalized spacial score (nSPS) is 16.5. The van der Waals surface area contributed by atoms with Gasteiger partial charge >= 0.3 is 0 Å². The number of nitrogens with one attached hydrogen (secondary N) is 1. The van der Waals surface area contributed by atoms with Crippen LogP contribution in [0.2, 0.25) is 0 Å². The van der Waals surface area contributed by atoms with Crippen LogP contribution in [0.25, 0.3) is 0 Å². The molecule has 0 bridgehead atoms. The van der Waals surface area contributed by atoms with Gasteiger partial charge < -0.3 is 10.1 Å². The van der Waals surface area contributed by atoms with Gasteiger partial charge in [0.1, 0.15) is 5.76 Å². The summed E-state index contributed by atoms with van der Waals surface area (Å²) < 4.78 is 5.69. The second-order valence-electron chi connectivity index (χ2n) is 4.58. The van der Waals surface area contributed by atoms with Crippen molar-refractivity contribution in [3.05, 3.63) is 46.7 Å². The van der Waals surface area contributed by atoms with Crippen LogP contribution >= 0.6 is 0 Å². The Hall–Kier alpha value is -1.28. The van der Waals surface area contributed by atoms with E-state index in [4.69, 9.17) is 4.74 Å². The zero-order valence-corrected chi connectivity index (χ0v) is 10.9. The number of ether oxygens (including phenoxy) is 1. The van der Waals surface area contributed by atoms with Crippen molar-refractivity contribution in [3.8, 4) is 0 Å². The molecule has 2 rings (SSSR count). The summed E-state index contributed by atoms with van der Waals surface area (Å²) in [6.45, 7) is 8.20.